The lowest BCUT2D eigenvalue weighted by Crippen LogP contribution is -2.05. The summed E-state index contributed by atoms with van der Waals surface area (Å²) in [5.41, 5.74) is 0.203. The zero-order chi connectivity index (χ0) is 20.0. The summed E-state index contributed by atoms with van der Waals surface area (Å²) in [7, 11) is 0. The van der Waals surface area contributed by atoms with Gasteiger partial charge in [-0.25, -0.2) is 4.79 Å². The number of carboxylic acid groups (broad SMARTS) is 1. The molecule has 0 saturated heterocycles. The number of phenols is 1. The van der Waals surface area contributed by atoms with Crippen LogP contribution in [0.1, 0.15) is 24.2 Å². The van der Waals surface area contributed by atoms with Crippen LogP contribution >= 0.6 is 0 Å². The number of carboxylic acids is 1. The first-order chi connectivity index (χ1) is 12.8. The zero-order valence-electron chi connectivity index (χ0n) is 14.7. The van der Waals surface area contributed by atoms with Gasteiger partial charge >= 0.3 is 11.7 Å². The first-order valence-corrected chi connectivity index (χ1v) is 8.00. The van der Waals surface area contributed by atoms with Crippen LogP contribution in [-0.4, -0.2) is 32.2 Å². The van der Waals surface area contributed by atoms with Crippen molar-refractivity contribution >= 4 is 22.6 Å². The highest BCUT2D eigenvalue weighted by atomic mass is 16.6. The summed E-state index contributed by atoms with van der Waals surface area (Å²) in [6.07, 6.45) is 1.59. The van der Waals surface area contributed by atoms with Crippen molar-refractivity contribution in [3.8, 4) is 11.5 Å². The Hall–Kier alpha value is -3.68. The Balaban J connectivity index is 0.000000194. The quantitative estimate of drug-likeness (QED) is 0.525. The topological polar surface area (TPSA) is 123 Å². The number of nitro benzene ring substituents is 1. The minimum Gasteiger partial charge on any atom is -0.501 e. The smallest absolute Gasteiger partial charge is 0.335 e. The lowest BCUT2D eigenvalue weighted by atomic mass is 10.2. The molecular formula is C19H18N2O6. The van der Waals surface area contributed by atoms with Gasteiger partial charge in [0.15, 0.2) is 0 Å². The van der Waals surface area contributed by atoms with Crippen LogP contribution in [0.3, 0.4) is 0 Å². The number of aromatic nitrogens is 1. The van der Waals surface area contributed by atoms with Crippen LogP contribution < -0.4 is 4.74 Å². The molecule has 27 heavy (non-hydrogen) atoms. The molecular weight excluding hydrogens is 352 g/mol. The molecule has 2 N–H and O–H groups in total. The molecule has 8 nitrogen and oxygen atoms in total. The Morgan fingerprint density at radius 1 is 1.15 bits per heavy atom. The molecule has 0 bridgehead atoms. The van der Waals surface area contributed by atoms with Gasteiger partial charge < -0.3 is 14.9 Å². The fourth-order valence-corrected chi connectivity index (χ4v) is 2.21. The van der Waals surface area contributed by atoms with E-state index in [2.05, 4.69) is 4.98 Å². The molecule has 1 aromatic heterocycles. The van der Waals surface area contributed by atoms with E-state index in [4.69, 9.17) is 9.84 Å². The molecule has 0 radical (unpaired) electrons. The molecule has 3 aromatic rings. The predicted molar refractivity (Wildman–Crippen MR) is 99.2 cm³/mol. The van der Waals surface area contributed by atoms with E-state index in [0.717, 1.165) is 0 Å². The second-order valence-electron chi connectivity index (χ2n) is 5.76. The van der Waals surface area contributed by atoms with Crippen molar-refractivity contribution in [2.75, 3.05) is 0 Å². The average Bonchev–Trinajstić information content (AvgIpc) is 2.62. The highest BCUT2D eigenvalue weighted by molar-refractivity contribution is 5.88. The van der Waals surface area contributed by atoms with Crippen molar-refractivity contribution < 1.29 is 24.7 Å². The molecule has 0 aliphatic rings. The summed E-state index contributed by atoms with van der Waals surface area (Å²) in [4.78, 5) is 24.2. The summed E-state index contributed by atoms with van der Waals surface area (Å²) in [5.74, 6) is -0.607. The summed E-state index contributed by atoms with van der Waals surface area (Å²) in [5, 5.41) is 29.3. The van der Waals surface area contributed by atoms with Crippen LogP contribution in [0.15, 0.2) is 54.7 Å². The van der Waals surface area contributed by atoms with Crippen molar-refractivity contribution in [2.24, 2.45) is 0 Å². The molecule has 2 aromatic carbocycles. The fourth-order valence-electron chi connectivity index (χ4n) is 2.21. The Morgan fingerprint density at radius 2 is 1.81 bits per heavy atom. The molecule has 0 amide bonds. The number of benzene rings is 2. The molecule has 1 heterocycles. The number of carbonyl (C=O) groups is 1. The number of pyridine rings is 1. The zero-order valence-corrected chi connectivity index (χ0v) is 14.7. The van der Waals surface area contributed by atoms with Gasteiger partial charge in [0, 0.05) is 17.6 Å². The molecule has 3 rings (SSSR count). The third-order valence-corrected chi connectivity index (χ3v) is 3.40. The number of aromatic hydroxyl groups is 1. The lowest BCUT2D eigenvalue weighted by molar-refractivity contribution is -0.385. The van der Waals surface area contributed by atoms with E-state index in [0.29, 0.717) is 11.1 Å². The third kappa shape index (κ3) is 5.15. The maximum atomic E-state index is 10.5. The van der Waals surface area contributed by atoms with Crippen LogP contribution in [0.5, 0.6) is 11.5 Å². The van der Waals surface area contributed by atoms with Crippen LogP contribution in [-0.2, 0) is 0 Å². The summed E-state index contributed by atoms with van der Waals surface area (Å²) in [6, 6.07) is 12.6. The van der Waals surface area contributed by atoms with Crippen molar-refractivity contribution in [1.82, 2.24) is 4.98 Å². The van der Waals surface area contributed by atoms with Gasteiger partial charge in [0.1, 0.15) is 11.3 Å². The molecule has 0 unspecified atom stereocenters. The molecule has 0 atom stereocenters. The van der Waals surface area contributed by atoms with Crippen molar-refractivity contribution in [3.05, 3.63) is 70.4 Å². The van der Waals surface area contributed by atoms with Crippen molar-refractivity contribution in [2.45, 2.75) is 20.0 Å². The summed E-state index contributed by atoms with van der Waals surface area (Å²) >= 11 is 0. The van der Waals surface area contributed by atoms with E-state index >= 15 is 0 Å². The summed E-state index contributed by atoms with van der Waals surface area (Å²) < 4.78 is 5.36. The number of hydrogen-bond donors (Lipinski definition) is 2. The number of aromatic carboxylic acids is 1. The largest absolute Gasteiger partial charge is 0.501 e. The van der Waals surface area contributed by atoms with Gasteiger partial charge in [0.05, 0.1) is 16.6 Å². The highest BCUT2D eigenvalue weighted by Crippen LogP contribution is 2.32. The second-order valence-corrected chi connectivity index (χ2v) is 5.76. The third-order valence-electron chi connectivity index (χ3n) is 3.40. The molecule has 0 spiro atoms. The Kier molecular flexibility index (Phi) is 6.27. The van der Waals surface area contributed by atoms with Gasteiger partial charge in [-0.05, 0) is 50.2 Å². The van der Waals surface area contributed by atoms with Crippen molar-refractivity contribution in [3.63, 3.8) is 0 Å². The predicted octanol–water partition coefficient (Wildman–Crippen LogP) is 4.02. The van der Waals surface area contributed by atoms with Gasteiger partial charge in [-0.2, -0.15) is 0 Å². The van der Waals surface area contributed by atoms with E-state index < -0.39 is 10.9 Å². The molecule has 0 aliphatic heterocycles. The van der Waals surface area contributed by atoms with E-state index in [9.17, 15) is 20.0 Å². The number of nitrogens with zero attached hydrogens (tertiary/aromatic N) is 2. The highest BCUT2D eigenvalue weighted by Gasteiger charge is 2.16. The van der Waals surface area contributed by atoms with E-state index in [-0.39, 0.29) is 28.6 Å². The van der Waals surface area contributed by atoms with Crippen LogP contribution in [0, 0.1) is 10.1 Å². The number of nitro groups is 1. The van der Waals surface area contributed by atoms with E-state index in [1.165, 1.54) is 24.4 Å². The summed E-state index contributed by atoms with van der Waals surface area (Å²) in [6.45, 7) is 3.84. The number of phenolic OH excluding ortho intramolecular Hbond substituents is 1. The molecule has 0 saturated carbocycles. The number of rotatable bonds is 4. The molecule has 0 fully saturated rings. The maximum absolute atomic E-state index is 10.5. The standard InChI is InChI=1S/C10H12O3.C9H6N2O3/c1-7(2)13-9-5-3-8(4-6-9)10(11)12;12-9-7(11(13)14)4-3-6-2-1-5-10-8(6)9/h3-7H,1-2H3,(H,11,12);1-5,12H. The first-order valence-electron chi connectivity index (χ1n) is 8.00. The van der Waals surface area contributed by atoms with E-state index in [1.54, 1.807) is 30.3 Å². The number of fused-ring (bicyclic) bond motifs is 1. The minimum absolute atomic E-state index is 0.107. The molecule has 8 heteroatoms. The van der Waals surface area contributed by atoms with Gasteiger partial charge in [-0.15, -0.1) is 0 Å². The SMILES string of the molecule is CC(C)Oc1ccc(C(=O)O)cc1.O=[N+]([O-])c1ccc2cccnc2c1O. The van der Waals surface area contributed by atoms with Crippen LogP contribution in [0.25, 0.3) is 10.9 Å². The van der Waals surface area contributed by atoms with E-state index in [1.807, 2.05) is 13.8 Å². The molecule has 0 aliphatic carbocycles. The van der Waals surface area contributed by atoms with Crippen molar-refractivity contribution in [1.29, 1.82) is 0 Å². The van der Waals surface area contributed by atoms with Gasteiger partial charge in [-0.1, -0.05) is 6.07 Å². The maximum Gasteiger partial charge on any atom is 0.335 e. The van der Waals surface area contributed by atoms with Crippen LogP contribution in [0.2, 0.25) is 0 Å². The lowest BCUT2D eigenvalue weighted by Gasteiger charge is -2.08. The second kappa shape index (κ2) is 8.61. The fraction of sp³-hybridized carbons (Fsp3) is 0.158. The number of ether oxygens (including phenoxy) is 1. The Morgan fingerprint density at radius 3 is 2.37 bits per heavy atom. The van der Waals surface area contributed by atoms with Gasteiger partial charge in [0.2, 0.25) is 5.75 Å². The average molecular weight is 370 g/mol. The normalized spacial score (nSPS) is 10.2. The van der Waals surface area contributed by atoms with Gasteiger partial charge in [0.25, 0.3) is 0 Å². The van der Waals surface area contributed by atoms with Crippen LogP contribution in [0.4, 0.5) is 5.69 Å². The van der Waals surface area contributed by atoms with Gasteiger partial charge in [-0.3, -0.25) is 15.1 Å². The molecule has 140 valence electrons. The Bertz CT molecular complexity index is 954. The number of hydrogen-bond acceptors (Lipinski definition) is 6. The monoisotopic (exact) mass is 370 g/mol. The first kappa shape index (κ1) is 19.6. The minimum atomic E-state index is -0.920. The Labute approximate surface area is 154 Å².